The van der Waals surface area contributed by atoms with Gasteiger partial charge in [0.15, 0.2) is 11.5 Å². The van der Waals surface area contributed by atoms with Crippen LogP contribution >= 0.6 is 0 Å². The average Bonchev–Trinajstić information content (AvgIpc) is 3.18. The van der Waals surface area contributed by atoms with E-state index in [0.29, 0.717) is 28.4 Å². The van der Waals surface area contributed by atoms with Crippen molar-refractivity contribution in [2.45, 2.75) is 34.2 Å². The highest BCUT2D eigenvalue weighted by atomic mass is 16.5. The summed E-state index contributed by atoms with van der Waals surface area (Å²) in [5, 5.41) is 12.2. The van der Waals surface area contributed by atoms with E-state index in [4.69, 9.17) is 10.5 Å². The molecular weight excluding hydrogens is 494 g/mol. The number of hydrogen-bond acceptors (Lipinski definition) is 7. The number of para-hydroxylation sites is 1. The van der Waals surface area contributed by atoms with Crippen molar-refractivity contribution >= 4 is 22.9 Å². The van der Waals surface area contributed by atoms with Gasteiger partial charge in [0.2, 0.25) is 0 Å². The topological polar surface area (TPSA) is 141 Å². The zero-order chi connectivity index (χ0) is 28.2. The van der Waals surface area contributed by atoms with Crippen LogP contribution in [0.25, 0.3) is 16.9 Å². The molecule has 2 aromatic heterocycles. The summed E-state index contributed by atoms with van der Waals surface area (Å²) in [6.45, 7) is 8.09. The molecule has 10 nitrogen and oxygen atoms in total. The molecule has 0 radical (unpaired) electrons. The molecule has 2 heterocycles. The molecule has 0 fully saturated rings. The highest BCUT2D eigenvalue weighted by Crippen LogP contribution is 2.26. The zero-order valence-electron chi connectivity index (χ0n) is 22.4. The van der Waals surface area contributed by atoms with Gasteiger partial charge in [-0.1, -0.05) is 52.0 Å². The molecule has 200 valence electrons. The highest BCUT2D eigenvalue weighted by Gasteiger charge is 2.26. The van der Waals surface area contributed by atoms with Crippen LogP contribution in [0.1, 0.15) is 27.7 Å². The zero-order valence-corrected chi connectivity index (χ0v) is 22.4. The molecule has 0 aliphatic carbocycles. The molecule has 0 spiro atoms. The van der Waals surface area contributed by atoms with Gasteiger partial charge in [0.05, 0.1) is 5.69 Å². The summed E-state index contributed by atoms with van der Waals surface area (Å²) in [5.74, 6) is 1.10. The van der Waals surface area contributed by atoms with Gasteiger partial charge in [-0.25, -0.2) is 14.8 Å². The van der Waals surface area contributed by atoms with Crippen LogP contribution in [0.4, 0.5) is 5.82 Å². The lowest BCUT2D eigenvalue weighted by molar-refractivity contribution is -0.117. The first-order valence-corrected chi connectivity index (χ1v) is 12.5. The van der Waals surface area contributed by atoms with Crippen LogP contribution in [0.5, 0.6) is 11.5 Å². The summed E-state index contributed by atoms with van der Waals surface area (Å²) < 4.78 is 8.88. The predicted molar refractivity (Wildman–Crippen MR) is 149 cm³/mol. The molecule has 39 heavy (non-hydrogen) atoms. The Balaban J connectivity index is 1.63. The summed E-state index contributed by atoms with van der Waals surface area (Å²) in [7, 11) is 0. The lowest BCUT2D eigenvalue weighted by atomic mass is 9.93. The van der Waals surface area contributed by atoms with Gasteiger partial charge in [0, 0.05) is 18.5 Å². The Kier molecular flexibility index (Phi) is 7.81. The van der Waals surface area contributed by atoms with Crippen molar-refractivity contribution in [3.8, 4) is 23.3 Å². The number of imidazole rings is 1. The number of nitrogens with zero attached hydrogens (tertiary/aromatic N) is 5. The lowest BCUT2D eigenvalue weighted by Crippen LogP contribution is -2.39. The molecule has 0 aliphatic rings. The summed E-state index contributed by atoms with van der Waals surface area (Å²) in [5.41, 5.74) is 6.73. The SMILES string of the molecule is CC(C)/C=C(\C#N)C(=O)NCC(C)(C)Cn1c(=O)n(-c2ccc(Oc3ccccc3)cc2)c2c(N)ncnc21. The number of nitrogen functional groups attached to an aromatic ring is 1. The second-order valence-electron chi connectivity index (χ2n) is 10.3. The molecule has 2 aromatic carbocycles. The fourth-order valence-corrected chi connectivity index (χ4v) is 4.17. The van der Waals surface area contributed by atoms with Gasteiger partial charge in [-0.15, -0.1) is 0 Å². The first-order chi connectivity index (χ1) is 18.6. The Morgan fingerprint density at radius 3 is 2.44 bits per heavy atom. The number of anilines is 1. The number of allylic oxidation sites excluding steroid dienone is 1. The Labute approximate surface area is 226 Å². The molecule has 0 unspecified atom stereocenters. The number of nitrogens with one attached hydrogen (secondary N) is 1. The van der Waals surface area contributed by atoms with Crippen molar-refractivity contribution in [2.24, 2.45) is 11.3 Å². The van der Waals surface area contributed by atoms with Crippen molar-refractivity contribution in [1.29, 1.82) is 5.26 Å². The van der Waals surface area contributed by atoms with Crippen LogP contribution in [0.3, 0.4) is 0 Å². The van der Waals surface area contributed by atoms with Gasteiger partial charge >= 0.3 is 5.69 Å². The summed E-state index contributed by atoms with van der Waals surface area (Å²) >= 11 is 0. The highest BCUT2D eigenvalue weighted by molar-refractivity contribution is 5.97. The van der Waals surface area contributed by atoms with Crippen LogP contribution < -0.4 is 21.5 Å². The van der Waals surface area contributed by atoms with Gasteiger partial charge in [-0.05, 0) is 42.3 Å². The number of carbonyl (C=O) groups excluding carboxylic acids is 1. The van der Waals surface area contributed by atoms with Gasteiger partial charge < -0.3 is 15.8 Å². The molecule has 10 heteroatoms. The van der Waals surface area contributed by atoms with E-state index in [1.54, 1.807) is 30.3 Å². The molecule has 0 atom stereocenters. The number of fused-ring (bicyclic) bond motifs is 1. The van der Waals surface area contributed by atoms with Crippen LogP contribution in [-0.2, 0) is 11.3 Å². The van der Waals surface area contributed by atoms with E-state index in [-0.39, 0.29) is 36.1 Å². The monoisotopic (exact) mass is 525 g/mol. The second-order valence-corrected chi connectivity index (χ2v) is 10.3. The fraction of sp³-hybridized carbons (Fsp3) is 0.276. The van der Waals surface area contributed by atoms with Gasteiger partial charge in [0.1, 0.15) is 35.0 Å². The number of amides is 1. The van der Waals surface area contributed by atoms with Crippen LogP contribution in [-0.4, -0.2) is 31.6 Å². The standard InChI is InChI=1S/C29H31N7O3/c1-19(2)14-20(15-30)27(37)32-16-29(3,4)17-35-26-24(25(31)33-18-34-26)36(28(35)38)21-10-12-23(13-11-21)39-22-8-6-5-7-9-22/h5-14,18-19H,16-17H2,1-4H3,(H,32,37)(H2,31,33,34)/b20-14+. The maximum absolute atomic E-state index is 13.7. The smallest absolute Gasteiger partial charge is 0.335 e. The average molecular weight is 526 g/mol. The summed E-state index contributed by atoms with van der Waals surface area (Å²) in [4.78, 5) is 34.8. The normalized spacial score (nSPS) is 11.9. The molecule has 0 aliphatic heterocycles. The number of benzene rings is 2. The van der Waals surface area contributed by atoms with E-state index < -0.39 is 11.3 Å². The number of nitrogens with two attached hydrogens (primary N) is 1. The van der Waals surface area contributed by atoms with Crippen LogP contribution in [0, 0.1) is 22.7 Å². The summed E-state index contributed by atoms with van der Waals surface area (Å²) in [6.07, 6.45) is 2.94. The number of carbonyl (C=O) groups is 1. The van der Waals surface area contributed by atoms with E-state index >= 15 is 0 Å². The van der Waals surface area contributed by atoms with E-state index in [9.17, 15) is 14.9 Å². The first kappa shape index (κ1) is 27.1. The molecule has 0 saturated heterocycles. The minimum Gasteiger partial charge on any atom is -0.457 e. The van der Waals surface area contributed by atoms with Crippen molar-refractivity contribution < 1.29 is 9.53 Å². The quantitative estimate of drug-likeness (QED) is 0.246. The predicted octanol–water partition coefficient (Wildman–Crippen LogP) is 4.21. The molecule has 3 N–H and O–H groups in total. The maximum Gasteiger partial charge on any atom is 0.335 e. The van der Waals surface area contributed by atoms with E-state index in [1.165, 1.54) is 15.5 Å². The van der Waals surface area contributed by atoms with Crippen LogP contribution in [0.2, 0.25) is 0 Å². The fourth-order valence-electron chi connectivity index (χ4n) is 4.17. The van der Waals surface area contributed by atoms with Crippen molar-refractivity contribution in [3.63, 3.8) is 0 Å². The Bertz CT molecular complexity index is 1610. The number of ether oxygens (including phenoxy) is 1. The third kappa shape index (κ3) is 6.15. The molecular formula is C29H31N7O3. The minimum atomic E-state index is -0.565. The molecule has 4 aromatic rings. The van der Waals surface area contributed by atoms with Gasteiger partial charge in [-0.2, -0.15) is 5.26 Å². The number of nitriles is 1. The third-order valence-corrected chi connectivity index (χ3v) is 5.99. The minimum absolute atomic E-state index is 0.0622. The molecule has 0 bridgehead atoms. The number of hydrogen-bond donors (Lipinski definition) is 2. The van der Waals surface area contributed by atoms with E-state index in [1.807, 2.05) is 64.1 Å². The lowest BCUT2D eigenvalue weighted by Gasteiger charge is -2.25. The maximum atomic E-state index is 13.7. The molecule has 1 amide bonds. The van der Waals surface area contributed by atoms with Crippen LogP contribution in [0.15, 0.2) is 77.4 Å². The van der Waals surface area contributed by atoms with E-state index in [2.05, 4.69) is 15.3 Å². The van der Waals surface area contributed by atoms with E-state index in [0.717, 1.165) is 0 Å². The largest absolute Gasteiger partial charge is 0.457 e. The Morgan fingerprint density at radius 2 is 1.79 bits per heavy atom. The Morgan fingerprint density at radius 1 is 1.13 bits per heavy atom. The third-order valence-electron chi connectivity index (χ3n) is 5.99. The molecule has 0 saturated carbocycles. The van der Waals surface area contributed by atoms with Gasteiger partial charge in [0.25, 0.3) is 5.91 Å². The first-order valence-electron chi connectivity index (χ1n) is 12.5. The van der Waals surface area contributed by atoms with Crippen molar-refractivity contribution in [1.82, 2.24) is 24.4 Å². The second kappa shape index (κ2) is 11.2. The van der Waals surface area contributed by atoms with Gasteiger partial charge in [-0.3, -0.25) is 13.9 Å². The number of aromatic nitrogens is 4. The number of rotatable bonds is 9. The summed E-state index contributed by atoms with van der Waals surface area (Å²) in [6, 6.07) is 18.4. The van der Waals surface area contributed by atoms with Crippen molar-refractivity contribution in [2.75, 3.05) is 12.3 Å². The Hall–Kier alpha value is -4.91. The van der Waals surface area contributed by atoms with Crippen molar-refractivity contribution in [3.05, 3.63) is 83.1 Å². The molecule has 4 rings (SSSR count).